The summed E-state index contributed by atoms with van der Waals surface area (Å²) in [5.41, 5.74) is 0.00701. The lowest BCUT2D eigenvalue weighted by molar-refractivity contribution is -0.153. The highest BCUT2D eigenvalue weighted by atomic mass is 16.2. The van der Waals surface area contributed by atoms with Gasteiger partial charge in [-0.2, -0.15) is 5.10 Å². The number of nitrogens with zero attached hydrogens (tertiary/aromatic N) is 3. The van der Waals surface area contributed by atoms with Crippen LogP contribution in [0.3, 0.4) is 0 Å². The van der Waals surface area contributed by atoms with Gasteiger partial charge in [0.05, 0.1) is 18.8 Å². The molecule has 1 fully saturated rings. The van der Waals surface area contributed by atoms with Gasteiger partial charge in [0, 0.05) is 13.2 Å². The molecule has 2 rings (SSSR count). The summed E-state index contributed by atoms with van der Waals surface area (Å²) in [4.78, 5) is 25.6. The van der Waals surface area contributed by atoms with Crippen LogP contribution in [0.1, 0.15) is 26.0 Å². The van der Waals surface area contributed by atoms with Crippen LogP contribution in [-0.4, -0.2) is 38.6 Å². The zero-order chi connectivity index (χ0) is 13.3. The van der Waals surface area contributed by atoms with E-state index < -0.39 is 5.54 Å². The summed E-state index contributed by atoms with van der Waals surface area (Å²) in [5, 5.41) is 6.89. The van der Waals surface area contributed by atoms with E-state index in [9.17, 15) is 9.59 Å². The van der Waals surface area contributed by atoms with Gasteiger partial charge < -0.3 is 10.2 Å². The highest BCUT2D eigenvalue weighted by Gasteiger charge is 2.44. The number of carbonyl (C=O) groups is 2. The maximum absolute atomic E-state index is 12.0. The van der Waals surface area contributed by atoms with Crippen molar-refractivity contribution in [3.8, 4) is 0 Å². The maximum atomic E-state index is 12.0. The fourth-order valence-electron chi connectivity index (χ4n) is 2.16. The molecule has 98 valence electrons. The van der Waals surface area contributed by atoms with E-state index in [0.29, 0.717) is 13.0 Å². The summed E-state index contributed by atoms with van der Waals surface area (Å²) in [6.45, 7) is 4.14. The van der Waals surface area contributed by atoms with Crippen molar-refractivity contribution >= 4 is 11.8 Å². The van der Waals surface area contributed by atoms with E-state index >= 15 is 0 Å². The highest BCUT2D eigenvalue weighted by Crippen LogP contribution is 2.24. The molecule has 1 aliphatic rings. The first-order valence-electron chi connectivity index (χ1n) is 6.04. The lowest BCUT2D eigenvalue weighted by Gasteiger charge is -2.42. The first-order valence-corrected chi connectivity index (χ1v) is 6.04. The van der Waals surface area contributed by atoms with Gasteiger partial charge in [0.2, 0.25) is 11.8 Å². The molecule has 1 N–H and O–H groups in total. The second kappa shape index (κ2) is 4.44. The molecule has 1 unspecified atom stereocenters. The van der Waals surface area contributed by atoms with Crippen molar-refractivity contribution in [3.63, 3.8) is 0 Å². The van der Waals surface area contributed by atoms with Crippen LogP contribution in [0.15, 0.2) is 12.3 Å². The number of aryl methyl sites for hydroxylation is 1. The Kier molecular flexibility index (Phi) is 3.11. The minimum Gasteiger partial charge on any atom is -0.345 e. The van der Waals surface area contributed by atoms with Crippen LogP contribution in [0.2, 0.25) is 0 Å². The molecular formula is C12H18N4O2. The number of hydrogen-bond donors (Lipinski definition) is 1. The molecule has 1 atom stereocenters. The quantitative estimate of drug-likeness (QED) is 0.824. The molecule has 1 saturated heterocycles. The van der Waals surface area contributed by atoms with Gasteiger partial charge in [0.25, 0.3) is 0 Å². The summed E-state index contributed by atoms with van der Waals surface area (Å²) in [6, 6.07) is 1.86. The van der Waals surface area contributed by atoms with E-state index in [-0.39, 0.29) is 18.4 Å². The second-order valence-corrected chi connectivity index (χ2v) is 4.77. The predicted molar refractivity (Wildman–Crippen MR) is 65.5 cm³/mol. The monoisotopic (exact) mass is 250 g/mol. The van der Waals surface area contributed by atoms with Crippen molar-refractivity contribution in [2.75, 3.05) is 6.54 Å². The zero-order valence-electron chi connectivity index (χ0n) is 10.9. The second-order valence-electron chi connectivity index (χ2n) is 4.77. The molecule has 0 spiro atoms. The van der Waals surface area contributed by atoms with Gasteiger partial charge in [0.1, 0.15) is 5.54 Å². The molecule has 1 aromatic rings. The molecule has 6 heteroatoms. The third kappa shape index (κ3) is 1.98. The van der Waals surface area contributed by atoms with Gasteiger partial charge in [-0.1, -0.05) is 6.92 Å². The molecule has 2 heterocycles. The third-order valence-corrected chi connectivity index (χ3v) is 3.56. The van der Waals surface area contributed by atoms with E-state index in [4.69, 9.17) is 0 Å². The Hall–Kier alpha value is -1.85. The van der Waals surface area contributed by atoms with Gasteiger partial charge in [-0.3, -0.25) is 14.3 Å². The Bertz CT molecular complexity index is 482. The molecule has 18 heavy (non-hydrogen) atoms. The van der Waals surface area contributed by atoms with Crippen LogP contribution in [-0.2, 0) is 23.2 Å². The average Bonchev–Trinajstić information content (AvgIpc) is 2.75. The summed E-state index contributed by atoms with van der Waals surface area (Å²) in [7, 11) is 1.83. The summed E-state index contributed by atoms with van der Waals surface area (Å²) in [5.74, 6) is -0.162. The highest BCUT2D eigenvalue weighted by molar-refractivity contribution is 5.97. The van der Waals surface area contributed by atoms with E-state index in [1.165, 1.54) is 0 Å². The number of nitrogens with one attached hydrogen (secondary N) is 1. The maximum Gasteiger partial charge on any atom is 0.246 e. The molecule has 0 aliphatic carbocycles. The van der Waals surface area contributed by atoms with Gasteiger partial charge in [-0.25, -0.2) is 0 Å². The van der Waals surface area contributed by atoms with Crippen molar-refractivity contribution in [2.24, 2.45) is 7.05 Å². The van der Waals surface area contributed by atoms with E-state index in [1.807, 2.05) is 26.2 Å². The van der Waals surface area contributed by atoms with Gasteiger partial charge in [-0.05, 0) is 19.4 Å². The molecule has 0 bridgehead atoms. The minimum absolute atomic E-state index is 0.0652. The topological polar surface area (TPSA) is 67.2 Å². The summed E-state index contributed by atoms with van der Waals surface area (Å²) < 4.78 is 1.69. The van der Waals surface area contributed by atoms with E-state index in [2.05, 4.69) is 10.4 Å². The summed E-state index contributed by atoms with van der Waals surface area (Å²) in [6.07, 6.45) is 2.41. The van der Waals surface area contributed by atoms with Gasteiger partial charge >= 0.3 is 0 Å². The van der Waals surface area contributed by atoms with Crippen LogP contribution in [0.25, 0.3) is 0 Å². The van der Waals surface area contributed by atoms with Crippen LogP contribution in [0, 0.1) is 0 Å². The number of piperazine rings is 1. The number of rotatable bonds is 3. The Morgan fingerprint density at radius 2 is 2.22 bits per heavy atom. The van der Waals surface area contributed by atoms with Crippen LogP contribution in [0.5, 0.6) is 0 Å². The van der Waals surface area contributed by atoms with Gasteiger partial charge in [0.15, 0.2) is 0 Å². The third-order valence-electron chi connectivity index (χ3n) is 3.56. The average molecular weight is 250 g/mol. The van der Waals surface area contributed by atoms with Crippen molar-refractivity contribution in [1.82, 2.24) is 20.0 Å². The van der Waals surface area contributed by atoms with Crippen molar-refractivity contribution < 1.29 is 9.59 Å². The van der Waals surface area contributed by atoms with Gasteiger partial charge in [-0.15, -0.1) is 0 Å². The molecular weight excluding hydrogens is 232 g/mol. The molecule has 0 radical (unpaired) electrons. The molecule has 1 aliphatic heterocycles. The Morgan fingerprint density at radius 1 is 1.50 bits per heavy atom. The first-order chi connectivity index (χ1) is 8.47. The zero-order valence-corrected chi connectivity index (χ0v) is 10.9. The lowest BCUT2D eigenvalue weighted by Crippen LogP contribution is -2.65. The van der Waals surface area contributed by atoms with E-state index in [1.54, 1.807) is 16.5 Å². The largest absolute Gasteiger partial charge is 0.345 e. The van der Waals surface area contributed by atoms with Crippen molar-refractivity contribution in [3.05, 3.63) is 18.0 Å². The summed E-state index contributed by atoms with van der Waals surface area (Å²) >= 11 is 0. The van der Waals surface area contributed by atoms with E-state index in [0.717, 1.165) is 5.69 Å². The van der Waals surface area contributed by atoms with Crippen molar-refractivity contribution in [1.29, 1.82) is 0 Å². The number of hydrogen-bond acceptors (Lipinski definition) is 3. The Labute approximate surface area is 106 Å². The number of amides is 2. The Balaban J connectivity index is 2.26. The Morgan fingerprint density at radius 3 is 2.78 bits per heavy atom. The fraction of sp³-hybridized carbons (Fsp3) is 0.583. The molecule has 6 nitrogen and oxygen atoms in total. The predicted octanol–water partition coefficient (Wildman–Crippen LogP) is 0.0472. The number of carbonyl (C=O) groups excluding carboxylic acids is 2. The molecule has 0 aromatic carbocycles. The van der Waals surface area contributed by atoms with Crippen LogP contribution in [0.4, 0.5) is 0 Å². The normalized spacial score (nSPS) is 24.3. The van der Waals surface area contributed by atoms with Crippen LogP contribution >= 0.6 is 0 Å². The van der Waals surface area contributed by atoms with Crippen LogP contribution < -0.4 is 5.32 Å². The molecule has 0 saturated carbocycles. The first kappa shape index (κ1) is 12.6. The molecule has 2 amide bonds. The molecule has 1 aromatic heterocycles. The van der Waals surface area contributed by atoms with Crippen molar-refractivity contribution in [2.45, 2.75) is 32.4 Å². The lowest BCUT2D eigenvalue weighted by atomic mass is 9.92. The smallest absolute Gasteiger partial charge is 0.246 e. The SMILES string of the molecule is CCC1(C)C(=O)NCC(=O)N1Cc1ccn(C)n1. The standard InChI is InChI=1S/C12H18N4O2/c1-4-12(2)11(18)13-7-10(17)16(12)8-9-5-6-15(3)14-9/h5-6H,4,7-8H2,1-3H3,(H,13,18). The minimum atomic E-state index is -0.785. The number of aromatic nitrogens is 2. The fourth-order valence-corrected chi connectivity index (χ4v) is 2.16.